The molecule has 0 saturated carbocycles. The molecule has 3 N–H and O–H groups in total. The molecule has 0 fully saturated rings. The van der Waals surface area contributed by atoms with Gasteiger partial charge in [-0.2, -0.15) is 0 Å². The number of hydrogen-bond acceptors (Lipinski definition) is 3. The van der Waals surface area contributed by atoms with Gasteiger partial charge in [-0.3, -0.25) is 0 Å². The second kappa shape index (κ2) is 6.42. The smallest absolute Gasteiger partial charge is 0.337 e. The lowest BCUT2D eigenvalue weighted by atomic mass is 10.2. The fourth-order valence-corrected chi connectivity index (χ4v) is 2.04. The summed E-state index contributed by atoms with van der Waals surface area (Å²) < 4.78 is 5.66. The van der Waals surface area contributed by atoms with Gasteiger partial charge in [0.1, 0.15) is 0 Å². The highest BCUT2D eigenvalue weighted by atomic mass is 127. The van der Waals surface area contributed by atoms with Crippen LogP contribution < -0.4 is 10.6 Å². The summed E-state index contributed by atoms with van der Waals surface area (Å²) in [4.78, 5) is 22.8. The number of furan rings is 1. The van der Waals surface area contributed by atoms with Gasteiger partial charge in [0.2, 0.25) is 0 Å². The lowest BCUT2D eigenvalue weighted by molar-refractivity contribution is 0.0698. The van der Waals surface area contributed by atoms with Crippen molar-refractivity contribution >= 4 is 40.3 Å². The number of amides is 2. The average molecular weight is 386 g/mol. The quantitative estimate of drug-likeness (QED) is 0.705. The van der Waals surface area contributed by atoms with Gasteiger partial charge in [-0.25, -0.2) is 9.59 Å². The van der Waals surface area contributed by atoms with Gasteiger partial charge in [0.15, 0.2) is 0 Å². The van der Waals surface area contributed by atoms with Crippen molar-refractivity contribution in [1.82, 2.24) is 5.32 Å². The lowest BCUT2D eigenvalue weighted by Crippen LogP contribution is -2.28. The van der Waals surface area contributed by atoms with Crippen LogP contribution in [0.5, 0.6) is 0 Å². The van der Waals surface area contributed by atoms with Crippen molar-refractivity contribution in [3.8, 4) is 0 Å². The Morgan fingerprint density at radius 2 is 2.10 bits per heavy atom. The van der Waals surface area contributed by atoms with Crippen LogP contribution in [0.2, 0.25) is 0 Å². The van der Waals surface area contributed by atoms with Gasteiger partial charge in [-0.1, -0.05) is 0 Å². The highest BCUT2D eigenvalue weighted by Crippen LogP contribution is 2.18. The molecule has 1 aromatic carbocycles. The highest BCUT2D eigenvalue weighted by Gasteiger charge is 2.12. The molecule has 2 amide bonds. The molecule has 0 radical (unpaired) electrons. The molecule has 0 spiro atoms. The Hall–Kier alpha value is -2.03. The number of anilines is 1. The summed E-state index contributed by atoms with van der Waals surface area (Å²) in [5.41, 5.74) is 1.12. The fourth-order valence-electron chi connectivity index (χ4n) is 1.54. The second-order valence-corrected chi connectivity index (χ2v) is 5.18. The summed E-state index contributed by atoms with van der Waals surface area (Å²) in [7, 11) is 0. The van der Waals surface area contributed by atoms with Crippen LogP contribution in [0.1, 0.15) is 15.9 Å². The molecule has 0 atom stereocenters. The van der Waals surface area contributed by atoms with Crippen molar-refractivity contribution in [2.75, 3.05) is 5.32 Å². The predicted molar refractivity (Wildman–Crippen MR) is 80.7 cm³/mol. The third kappa shape index (κ3) is 3.73. The Bertz CT molecular complexity index is 625. The average Bonchev–Trinajstić information content (AvgIpc) is 2.91. The van der Waals surface area contributed by atoms with Crippen LogP contribution in [0.4, 0.5) is 10.5 Å². The molecule has 104 valence electrons. The van der Waals surface area contributed by atoms with E-state index >= 15 is 0 Å². The number of rotatable bonds is 4. The molecule has 0 aliphatic carbocycles. The predicted octanol–water partition coefficient (Wildman–Crippen LogP) is 2.90. The molecule has 0 aliphatic rings. The highest BCUT2D eigenvalue weighted by molar-refractivity contribution is 14.1. The molecule has 0 saturated heterocycles. The molecule has 2 aromatic rings. The van der Waals surface area contributed by atoms with Gasteiger partial charge < -0.3 is 20.2 Å². The maximum Gasteiger partial charge on any atom is 0.337 e. The minimum absolute atomic E-state index is 0.0513. The van der Waals surface area contributed by atoms with Crippen LogP contribution >= 0.6 is 22.6 Å². The summed E-state index contributed by atoms with van der Waals surface area (Å²) in [6, 6.07) is 6.03. The third-order valence-electron chi connectivity index (χ3n) is 2.49. The van der Waals surface area contributed by atoms with E-state index in [1.807, 2.05) is 22.6 Å². The summed E-state index contributed by atoms with van der Waals surface area (Å²) in [5.74, 6) is -1.09. The van der Waals surface area contributed by atoms with E-state index in [1.54, 1.807) is 18.2 Å². The number of carboxylic acids is 1. The Morgan fingerprint density at radius 3 is 2.75 bits per heavy atom. The van der Waals surface area contributed by atoms with E-state index < -0.39 is 12.0 Å². The van der Waals surface area contributed by atoms with Crippen LogP contribution in [0.3, 0.4) is 0 Å². The van der Waals surface area contributed by atoms with Crippen LogP contribution in [-0.4, -0.2) is 17.1 Å². The number of halogens is 1. The third-order valence-corrected chi connectivity index (χ3v) is 3.16. The molecule has 2 rings (SSSR count). The Labute approximate surface area is 128 Å². The minimum Gasteiger partial charge on any atom is -0.478 e. The number of aromatic carboxylic acids is 1. The molecule has 20 heavy (non-hydrogen) atoms. The van der Waals surface area contributed by atoms with Crippen molar-refractivity contribution in [3.05, 3.63) is 51.5 Å². The topological polar surface area (TPSA) is 91.6 Å². The first-order valence-electron chi connectivity index (χ1n) is 5.65. The number of nitrogens with one attached hydrogen (secondary N) is 2. The van der Waals surface area contributed by atoms with E-state index in [1.165, 1.54) is 18.6 Å². The van der Waals surface area contributed by atoms with E-state index in [0.29, 0.717) is 6.54 Å². The lowest BCUT2D eigenvalue weighted by Gasteiger charge is -2.09. The fraction of sp³-hybridized carbons (Fsp3) is 0.0769. The van der Waals surface area contributed by atoms with E-state index in [-0.39, 0.29) is 11.3 Å². The Kier molecular flexibility index (Phi) is 4.61. The van der Waals surface area contributed by atoms with Gasteiger partial charge >= 0.3 is 12.0 Å². The molecule has 1 heterocycles. The monoisotopic (exact) mass is 386 g/mol. The zero-order valence-electron chi connectivity index (χ0n) is 10.2. The number of carboxylic acid groups (broad SMARTS) is 1. The zero-order chi connectivity index (χ0) is 14.5. The molecule has 7 heteroatoms. The van der Waals surface area contributed by atoms with E-state index in [0.717, 1.165) is 9.13 Å². The standard InChI is InChI=1S/C13H11IN2O4/c14-9-1-2-11(10(5-9)12(17)18)16-13(19)15-6-8-3-4-20-7-8/h1-5,7H,6H2,(H,17,18)(H2,15,16,19). The first-order chi connectivity index (χ1) is 9.56. The Balaban J connectivity index is 2.02. The van der Waals surface area contributed by atoms with E-state index in [9.17, 15) is 9.59 Å². The van der Waals surface area contributed by atoms with Gasteiger partial charge in [-0.15, -0.1) is 0 Å². The number of urea groups is 1. The normalized spacial score (nSPS) is 10.1. The maximum absolute atomic E-state index is 11.7. The van der Waals surface area contributed by atoms with Gasteiger partial charge in [0, 0.05) is 15.7 Å². The number of carbonyl (C=O) groups is 2. The van der Waals surface area contributed by atoms with Crippen molar-refractivity contribution in [1.29, 1.82) is 0 Å². The zero-order valence-corrected chi connectivity index (χ0v) is 12.4. The van der Waals surface area contributed by atoms with Gasteiger partial charge in [-0.05, 0) is 46.9 Å². The molecule has 1 aromatic heterocycles. The van der Waals surface area contributed by atoms with Crippen LogP contribution in [0.25, 0.3) is 0 Å². The van der Waals surface area contributed by atoms with E-state index in [4.69, 9.17) is 9.52 Å². The number of benzene rings is 1. The summed E-state index contributed by atoms with van der Waals surface area (Å²) >= 11 is 2.01. The number of carbonyl (C=O) groups excluding carboxylic acids is 1. The maximum atomic E-state index is 11.7. The minimum atomic E-state index is -1.09. The Morgan fingerprint density at radius 1 is 1.30 bits per heavy atom. The van der Waals surface area contributed by atoms with Crippen molar-refractivity contribution in [2.24, 2.45) is 0 Å². The van der Waals surface area contributed by atoms with Crippen LogP contribution in [0.15, 0.2) is 41.2 Å². The number of hydrogen-bond donors (Lipinski definition) is 3. The van der Waals surface area contributed by atoms with Crippen LogP contribution in [-0.2, 0) is 6.54 Å². The molecule has 0 aliphatic heterocycles. The molecular formula is C13H11IN2O4. The summed E-state index contributed by atoms with van der Waals surface area (Å²) in [6.07, 6.45) is 3.03. The van der Waals surface area contributed by atoms with E-state index in [2.05, 4.69) is 10.6 Å². The first kappa shape index (κ1) is 14.4. The van der Waals surface area contributed by atoms with Crippen molar-refractivity contribution in [2.45, 2.75) is 6.54 Å². The molecule has 0 unspecified atom stereocenters. The largest absolute Gasteiger partial charge is 0.478 e. The van der Waals surface area contributed by atoms with Crippen LogP contribution in [0, 0.1) is 3.57 Å². The molecule has 6 nitrogen and oxygen atoms in total. The summed E-state index contributed by atoms with van der Waals surface area (Å²) in [6.45, 7) is 0.301. The van der Waals surface area contributed by atoms with Crippen molar-refractivity contribution in [3.63, 3.8) is 0 Å². The first-order valence-corrected chi connectivity index (χ1v) is 6.73. The molecule has 0 bridgehead atoms. The molecular weight excluding hydrogens is 375 g/mol. The SMILES string of the molecule is O=C(NCc1ccoc1)Nc1ccc(I)cc1C(=O)O. The second-order valence-electron chi connectivity index (χ2n) is 3.93. The van der Waals surface area contributed by atoms with Gasteiger partial charge in [0.05, 0.1) is 23.8 Å². The van der Waals surface area contributed by atoms with Crippen molar-refractivity contribution < 1.29 is 19.1 Å². The summed E-state index contributed by atoms with van der Waals surface area (Å²) in [5, 5.41) is 14.2. The van der Waals surface area contributed by atoms with Gasteiger partial charge in [0.25, 0.3) is 0 Å².